The molecule has 1 aliphatic heterocycles. The average molecular weight is 249 g/mol. The van der Waals surface area contributed by atoms with Crippen molar-refractivity contribution in [3.63, 3.8) is 0 Å². The predicted molar refractivity (Wildman–Crippen MR) is 72.5 cm³/mol. The van der Waals surface area contributed by atoms with Crippen LogP contribution >= 0.6 is 0 Å². The van der Waals surface area contributed by atoms with Crippen molar-refractivity contribution in [2.75, 3.05) is 20.3 Å². The van der Waals surface area contributed by atoms with Gasteiger partial charge in [0.1, 0.15) is 0 Å². The van der Waals surface area contributed by atoms with E-state index in [-0.39, 0.29) is 0 Å². The number of ether oxygens (including phenoxy) is 1. The van der Waals surface area contributed by atoms with Gasteiger partial charge >= 0.3 is 0 Å². The van der Waals surface area contributed by atoms with E-state index in [2.05, 4.69) is 11.9 Å². The van der Waals surface area contributed by atoms with Crippen molar-refractivity contribution in [1.29, 1.82) is 0 Å². The third kappa shape index (κ3) is 1.76. The Morgan fingerprint density at radius 1 is 0.889 bits per heavy atom. The molecule has 102 valence electrons. The lowest BCUT2D eigenvalue weighted by Gasteiger charge is -2.61. The summed E-state index contributed by atoms with van der Waals surface area (Å²) in [7, 11) is 2.43. The van der Waals surface area contributed by atoms with Crippen LogP contribution in [-0.2, 0) is 4.74 Å². The fourth-order valence-corrected chi connectivity index (χ4v) is 5.96. The van der Waals surface area contributed by atoms with Gasteiger partial charge in [-0.25, -0.2) is 0 Å². The van der Waals surface area contributed by atoms with E-state index >= 15 is 0 Å². The van der Waals surface area contributed by atoms with Gasteiger partial charge in [-0.15, -0.1) is 0 Å². The monoisotopic (exact) mass is 249 g/mol. The van der Waals surface area contributed by atoms with Crippen molar-refractivity contribution in [3.8, 4) is 0 Å². The standard InChI is InChI=1S/C16H27NO/c1-17(15-2-4-18-5-3-15)16-9-12-6-13(10-16)8-14(7-12)11-16/h12-15H,2-11H2,1H3. The first-order valence-corrected chi connectivity index (χ1v) is 8.06. The predicted octanol–water partition coefficient (Wildman–Crippen LogP) is 3.07. The second kappa shape index (κ2) is 4.21. The lowest BCUT2D eigenvalue weighted by atomic mass is 9.52. The van der Waals surface area contributed by atoms with E-state index in [1.165, 1.54) is 32.1 Å². The van der Waals surface area contributed by atoms with E-state index in [4.69, 9.17) is 4.74 Å². The molecule has 1 saturated heterocycles. The highest BCUT2D eigenvalue weighted by Crippen LogP contribution is 2.58. The molecule has 4 aliphatic carbocycles. The van der Waals surface area contributed by atoms with Crippen LogP contribution in [0.3, 0.4) is 0 Å². The Labute approximate surface area is 111 Å². The summed E-state index contributed by atoms with van der Waals surface area (Å²) in [6, 6.07) is 0.801. The zero-order valence-electron chi connectivity index (χ0n) is 11.7. The molecule has 0 atom stereocenters. The Bertz CT molecular complexity index is 286. The van der Waals surface area contributed by atoms with Gasteiger partial charge in [-0.3, -0.25) is 4.90 Å². The summed E-state index contributed by atoms with van der Waals surface area (Å²) >= 11 is 0. The third-order valence-electron chi connectivity index (χ3n) is 6.49. The average Bonchev–Trinajstić information content (AvgIpc) is 2.37. The molecule has 5 aliphatic rings. The fourth-order valence-electron chi connectivity index (χ4n) is 5.96. The van der Waals surface area contributed by atoms with Crippen molar-refractivity contribution in [1.82, 2.24) is 4.90 Å². The summed E-state index contributed by atoms with van der Waals surface area (Å²) in [5, 5.41) is 0. The molecule has 0 N–H and O–H groups in total. The maximum absolute atomic E-state index is 5.54. The lowest BCUT2D eigenvalue weighted by molar-refractivity contribution is -0.107. The van der Waals surface area contributed by atoms with Crippen molar-refractivity contribution in [3.05, 3.63) is 0 Å². The molecule has 18 heavy (non-hydrogen) atoms. The van der Waals surface area contributed by atoms with Crippen LogP contribution in [-0.4, -0.2) is 36.7 Å². The highest BCUT2D eigenvalue weighted by molar-refractivity contribution is 5.07. The SMILES string of the molecule is CN(C1CCOCC1)C12CC3CC(CC(C3)C1)C2. The summed E-state index contributed by atoms with van der Waals surface area (Å²) in [5.74, 6) is 3.20. The van der Waals surface area contributed by atoms with E-state index in [1.807, 2.05) is 0 Å². The van der Waals surface area contributed by atoms with E-state index in [0.717, 1.165) is 37.0 Å². The Morgan fingerprint density at radius 3 is 1.89 bits per heavy atom. The molecule has 0 aromatic rings. The minimum Gasteiger partial charge on any atom is -0.381 e. The largest absolute Gasteiger partial charge is 0.381 e. The summed E-state index contributed by atoms with van der Waals surface area (Å²) in [6.45, 7) is 1.97. The zero-order valence-corrected chi connectivity index (χ0v) is 11.7. The highest BCUT2D eigenvalue weighted by Gasteiger charge is 2.53. The Morgan fingerprint density at radius 2 is 1.39 bits per heavy atom. The van der Waals surface area contributed by atoms with Gasteiger partial charge in [-0.2, -0.15) is 0 Å². The Hall–Kier alpha value is -0.0800. The minimum absolute atomic E-state index is 0.594. The second-order valence-corrected chi connectivity index (χ2v) is 7.60. The molecular formula is C16H27NO. The molecule has 5 rings (SSSR count). The smallest absolute Gasteiger partial charge is 0.0480 e. The van der Waals surface area contributed by atoms with Gasteiger partial charge in [0.25, 0.3) is 0 Å². The number of nitrogens with zero attached hydrogens (tertiary/aromatic N) is 1. The van der Waals surface area contributed by atoms with E-state index in [9.17, 15) is 0 Å². The van der Waals surface area contributed by atoms with E-state index < -0.39 is 0 Å². The summed E-state index contributed by atoms with van der Waals surface area (Å²) in [6.07, 6.45) is 11.7. The Balaban J connectivity index is 1.55. The molecular weight excluding hydrogens is 222 g/mol. The molecule has 0 aromatic carbocycles. The van der Waals surface area contributed by atoms with Gasteiger partial charge in [0.05, 0.1) is 0 Å². The van der Waals surface area contributed by atoms with Crippen LogP contribution in [0.2, 0.25) is 0 Å². The molecule has 0 spiro atoms. The van der Waals surface area contributed by atoms with E-state index in [1.54, 1.807) is 19.3 Å². The Kier molecular flexibility index (Phi) is 2.74. The second-order valence-electron chi connectivity index (χ2n) is 7.60. The van der Waals surface area contributed by atoms with Gasteiger partial charge < -0.3 is 4.74 Å². The lowest BCUT2D eigenvalue weighted by Crippen LogP contribution is -2.61. The highest BCUT2D eigenvalue weighted by atomic mass is 16.5. The van der Waals surface area contributed by atoms with Crippen LogP contribution in [0.5, 0.6) is 0 Å². The van der Waals surface area contributed by atoms with Crippen LogP contribution in [0.1, 0.15) is 51.4 Å². The van der Waals surface area contributed by atoms with Crippen LogP contribution in [0, 0.1) is 17.8 Å². The fraction of sp³-hybridized carbons (Fsp3) is 1.00. The molecule has 2 heteroatoms. The first-order valence-electron chi connectivity index (χ1n) is 8.06. The molecule has 0 unspecified atom stereocenters. The normalized spacial score (nSPS) is 48.0. The maximum atomic E-state index is 5.54. The molecule has 4 saturated carbocycles. The van der Waals surface area contributed by atoms with Crippen molar-refractivity contribution in [2.24, 2.45) is 17.8 Å². The molecule has 1 heterocycles. The van der Waals surface area contributed by atoms with Gasteiger partial charge in [0.15, 0.2) is 0 Å². The first-order chi connectivity index (χ1) is 8.75. The van der Waals surface area contributed by atoms with E-state index in [0.29, 0.717) is 5.54 Å². The quantitative estimate of drug-likeness (QED) is 0.746. The molecule has 0 amide bonds. The number of hydrogen-bond acceptors (Lipinski definition) is 2. The maximum Gasteiger partial charge on any atom is 0.0480 e. The zero-order chi connectivity index (χ0) is 12.2. The van der Waals surface area contributed by atoms with Crippen LogP contribution in [0.15, 0.2) is 0 Å². The number of rotatable bonds is 2. The third-order valence-corrected chi connectivity index (χ3v) is 6.49. The van der Waals surface area contributed by atoms with Crippen molar-refractivity contribution < 1.29 is 4.74 Å². The summed E-state index contributed by atoms with van der Waals surface area (Å²) < 4.78 is 5.54. The van der Waals surface area contributed by atoms with Gasteiger partial charge in [-0.05, 0) is 76.2 Å². The minimum atomic E-state index is 0.594. The molecule has 0 radical (unpaired) electrons. The number of hydrogen-bond donors (Lipinski definition) is 0. The van der Waals surface area contributed by atoms with Crippen LogP contribution in [0.25, 0.3) is 0 Å². The summed E-state index contributed by atoms with van der Waals surface area (Å²) in [5.41, 5.74) is 0.594. The first kappa shape index (κ1) is 11.7. The van der Waals surface area contributed by atoms with Crippen LogP contribution in [0.4, 0.5) is 0 Å². The molecule has 2 nitrogen and oxygen atoms in total. The van der Waals surface area contributed by atoms with Gasteiger partial charge in [0, 0.05) is 24.8 Å². The molecule has 5 fully saturated rings. The summed E-state index contributed by atoms with van der Waals surface area (Å²) in [4.78, 5) is 2.82. The topological polar surface area (TPSA) is 12.5 Å². The van der Waals surface area contributed by atoms with Gasteiger partial charge in [0.2, 0.25) is 0 Å². The van der Waals surface area contributed by atoms with Crippen LogP contribution < -0.4 is 0 Å². The molecule has 4 bridgehead atoms. The van der Waals surface area contributed by atoms with Crippen molar-refractivity contribution >= 4 is 0 Å². The van der Waals surface area contributed by atoms with Crippen molar-refractivity contribution in [2.45, 2.75) is 62.9 Å². The molecule has 0 aromatic heterocycles. The van der Waals surface area contributed by atoms with Gasteiger partial charge in [-0.1, -0.05) is 0 Å².